The highest BCUT2D eigenvalue weighted by Gasteiger charge is 2.64. The van der Waals surface area contributed by atoms with Gasteiger partial charge in [-0.1, -0.05) is 18.6 Å². The molecule has 0 aromatic rings. The minimum atomic E-state index is -0.103. The molecule has 17 heavy (non-hydrogen) atoms. The zero-order valence-electron chi connectivity index (χ0n) is 11.0. The Bertz CT molecular complexity index is 384. The third kappa shape index (κ3) is 1.42. The van der Waals surface area contributed by atoms with Crippen LogP contribution in [0.5, 0.6) is 0 Å². The summed E-state index contributed by atoms with van der Waals surface area (Å²) in [5.74, 6) is 2.00. The van der Waals surface area contributed by atoms with Gasteiger partial charge < -0.3 is 4.74 Å². The van der Waals surface area contributed by atoms with Crippen LogP contribution in [0.15, 0.2) is 11.6 Å². The molecule has 2 fully saturated rings. The van der Waals surface area contributed by atoms with Gasteiger partial charge in [-0.3, -0.25) is 4.79 Å². The molecule has 0 aromatic carbocycles. The normalized spacial score (nSPS) is 47.6. The lowest BCUT2D eigenvalue weighted by Crippen LogP contribution is -2.41. The second-order valence-corrected chi connectivity index (χ2v) is 6.39. The number of allylic oxidation sites excluding steroid dienone is 2. The predicted molar refractivity (Wildman–Crippen MR) is 66.4 cm³/mol. The van der Waals surface area contributed by atoms with Crippen molar-refractivity contribution in [1.29, 1.82) is 0 Å². The summed E-state index contributed by atoms with van der Waals surface area (Å²) in [5.41, 5.74) is 1.82. The number of ether oxygens (including phenoxy) is 1. The van der Waals surface area contributed by atoms with Crippen molar-refractivity contribution in [3.63, 3.8) is 0 Å². The van der Waals surface area contributed by atoms with Crippen LogP contribution in [0.25, 0.3) is 0 Å². The van der Waals surface area contributed by atoms with Crippen LogP contribution in [0.1, 0.15) is 46.5 Å². The second kappa shape index (κ2) is 3.60. The third-order valence-electron chi connectivity index (χ3n) is 5.58. The average molecular weight is 234 g/mol. The van der Waals surface area contributed by atoms with E-state index in [0.717, 1.165) is 18.3 Å². The zero-order valence-corrected chi connectivity index (χ0v) is 11.0. The van der Waals surface area contributed by atoms with Crippen molar-refractivity contribution in [2.75, 3.05) is 0 Å². The molecule has 0 amide bonds. The van der Waals surface area contributed by atoms with Gasteiger partial charge in [0.2, 0.25) is 0 Å². The lowest BCUT2D eigenvalue weighted by molar-refractivity contribution is -0.157. The van der Waals surface area contributed by atoms with Crippen LogP contribution in [0, 0.1) is 23.2 Å². The summed E-state index contributed by atoms with van der Waals surface area (Å²) in [5, 5.41) is 0. The summed E-state index contributed by atoms with van der Waals surface area (Å²) >= 11 is 0. The van der Waals surface area contributed by atoms with E-state index < -0.39 is 0 Å². The Hall–Kier alpha value is -0.790. The Labute approximate surface area is 103 Å². The van der Waals surface area contributed by atoms with E-state index in [0.29, 0.717) is 5.92 Å². The Morgan fingerprint density at radius 3 is 3.00 bits per heavy atom. The summed E-state index contributed by atoms with van der Waals surface area (Å²) in [6, 6.07) is 0. The molecular weight excluding hydrogens is 212 g/mol. The monoisotopic (exact) mass is 234 g/mol. The maximum Gasteiger partial charge on any atom is 0.302 e. The smallest absolute Gasteiger partial charge is 0.302 e. The van der Waals surface area contributed by atoms with Gasteiger partial charge in [-0.25, -0.2) is 0 Å². The molecule has 3 aliphatic carbocycles. The van der Waals surface area contributed by atoms with E-state index >= 15 is 0 Å². The fourth-order valence-corrected chi connectivity index (χ4v) is 4.90. The van der Waals surface area contributed by atoms with Gasteiger partial charge in [0.15, 0.2) is 0 Å². The van der Waals surface area contributed by atoms with Crippen LogP contribution in [-0.2, 0) is 9.53 Å². The van der Waals surface area contributed by atoms with E-state index in [1.165, 1.54) is 24.8 Å². The summed E-state index contributed by atoms with van der Waals surface area (Å²) in [6.45, 7) is 6.08. The number of carbonyl (C=O) groups is 1. The molecule has 0 aromatic heterocycles. The molecule has 0 aliphatic heterocycles. The lowest BCUT2D eigenvalue weighted by Gasteiger charge is -2.40. The molecule has 0 N–H and O–H groups in total. The van der Waals surface area contributed by atoms with E-state index in [2.05, 4.69) is 19.9 Å². The quantitative estimate of drug-likeness (QED) is 0.514. The predicted octanol–water partition coefficient (Wildman–Crippen LogP) is 3.32. The minimum absolute atomic E-state index is 0.103. The molecular formula is C15H22O2. The van der Waals surface area contributed by atoms with Gasteiger partial charge in [0.1, 0.15) is 6.10 Å². The van der Waals surface area contributed by atoms with Crippen molar-refractivity contribution >= 4 is 5.97 Å². The van der Waals surface area contributed by atoms with Gasteiger partial charge in [0.25, 0.3) is 0 Å². The van der Waals surface area contributed by atoms with Crippen molar-refractivity contribution in [3.8, 4) is 0 Å². The van der Waals surface area contributed by atoms with Crippen LogP contribution in [-0.4, -0.2) is 12.1 Å². The highest BCUT2D eigenvalue weighted by molar-refractivity contribution is 5.66. The number of esters is 1. The molecule has 3 aliphatic rings. The molecule has 2 nitrogen and oxygen atoms in total. The fraction of sp³-hybridized carbons (Fsp3) is 0.800. The fourth-order valence-electron chi connectivity index (χ4n) is 4.90. The van der Waals surface area contributed by atoms with Gasteiger partial charge in [-0.2, -0.15) is 0 Å². The van der Waals surface area contributed by atoms with Crippen molar-refractivity contribution in [3.05, 3.63) is 11.6 Å². The standard InChI is InChI=1S/C15H22O2/c1-9-4-6-15-7-5-12(13(15)8-9)10(2)14(15)17-11(3)16/h4,10,12-14H,5-8H2,1-3H3. The molecule has 3 rings (SSSR count). The molecule has 94 valence electrons. The minimum Gasteiger partial charge on any atom is -0.462 e. The maximum atomic E-state index is 11.3. The first-order valence-corrected chi connectivity index (χ1v) is 6.87. The first-order valence-electron chi connectivity index (χ1n) is 6.87. The van der Waals surface area contributed by atoms with Gasteiger partial charge in [0.05, 0.1) is 0 Å². The van der Waals surface area contributed by atoms with Gasteiger partial charge in [-0.05, 0) is 50.4 Å². The number of carbonyl (C=O) groups excluding carboxylic acids is 1. The molecule has 5 atom stereocenters. The highest BCUT2D eigenvalue weighted by Crippen LogP contribution is 2.66. The lowest BCUT2D eigenvalue weighted by atomic mass is 9.68. The van der Waals surface area contributed by atoms with E-state index in [1.54, 1.807) is 6.92 Å². The average Bonchev–Trinajstić information content (AvgIpc) is 2.72. The SMILES string of the molecule is CC(=O)OC1C(C)C2CCC13CC=C(C)CC23. The molecule has 5 unspecified atom stereocenters. The molecule has 2 heteroatoms. The summed E-state index contributed by atoms with van der Waals surface area (Å²) in [7, 11) is 0. The molecule has 0 saturated heterocycles. The van der Waals surface area contributed by atoms with E-state index in [9.17, 15) is 4.79 Å². The molecule has 2 bridgehead atoms. The first-order chi connectivity index (χ1) is 8.04. The third-order valence-corrected chi connectivity index (χ3v) is 5.58. The van der Waals surface area contributed by atoms with Gasteiger partial charge in [-0.15, -0.1) is 0 Å². The Morgan fingerprint density at radius 1 is 1.53 bits per heavy atom. The van der Waals surface area contributed by atoms with Crippen LogP contribution >= 0.6 is 0 Å². The van der Waals surface area contributed by atoms with Crippen molar-refractivity contribution in [1.82, 2.24) is 0 Å². The summed E-state index contributed by atoms with van der Waals surface area (Å²) in [6.07, 6.45) is 7.51. The van der Waals surface area contributed by atoms with E-state index in [4.69, 9.17) is 4.74 Å². The maximum absolute atomic E-state index is 11.3. The Morgan fingerprint density at radius 2 is 2.29 bits per heavy atom. The van der Waals surface area contributed by atoms with E-state index in [1.807, 2.05) is 0 Å². The second-order valence-electron chi connectivity index (χ2n) is 6.39. The summed E-state index contributed by atoms with van der Waals surface area (Å²) < 4.78 is 5.68. The molecule has 0 radical (unpaired) electrons. The zero-order chi connectivity index (χ0) is 12.2. The van der Waals surface area contributed by atoms with Crippen LogP contribution in [0.2, 0.25) is 0 Å². The number of hydrogen-bond donors (Lipinski definition) is 0. The van der Waals surface area contributed by atoms with Crippen molar-refractivity contribution < 1.29 is 9.53 Å². The first kappa shape index (κ1) is 11.3. The molecule has 0 spiro atoms. The van der Waals surface area contributed by atoms with Crippen molar-refractivity contribution in [2.45, 2.75) is 52.6 Å². The van der Waals surface area contributed by atoms with Crippen LogP contribution in [0.4, 0.5) is 0 Å². The highest BCUT2D eigenvalue weighted by atomic mass is 16.5. The topological polar surface area (TPSA) is 26.3 Å². The Balaban J connectivity index is 1.95. The van der Waals surface area contributed by atoms with Gasteiger partial charge >= 0.3 is 5.97 Å². The van der Waals surface area contributed by atoms with Crippen LogP contribution < -0.4 is 0 Å². The number of rotatable bonds is 1. The largest absolute Gasteiger partial charge is 0.462 e. The van der Waals surface area contributed by atoms with Crippen molar-refractivity contribution in [2.24, 2.45) is 23.2 Å². The van der Waals surface area contributed by atoms with E-state index in [-0.39, 0.29) is 17.5 Å². The molecule has 2 saturated carbocycles. The van der Waals surface area contributed by atoms with Crippen LogP contribution in [0.3, 0.4) is 0 Å². The van der Waals surface area contributed by atoms with Gasteiger partial charge in [0, 0.05) is 12.3 Å². The Kier molecular flexibility index (Phi) is 2.39. The summed E-state index contributed by atoms with van der Waals surface area (Å²) in [4.78, 5) is 11.3. The molecule has 0 heterocycles. The number of hydrogen-bond acceptors (Lipinski definition) is 2.